The third kappa shape index (κ3) is 4.66. The number of rotatable bonds is 3. The Morgan fingerprint density at radius 3 is 2.47 bits per heavy atom. The number of anilines is 1. The predicted molar refractivity (Wildman–Crippen MR) is 126 cm³/mol. The Morgan fingerprint density at radius 2 is 1.82 bits per heavy atom. The highest BCUT2D eigenvalue weighted by Crippen LogP contribution is 2.36. The molecule has 34 heavy (non-hydrogen) atoms. The van der Waals surface area contributed by atoms with Crippen LogP contribution >= 0.6 is 0 Å². The van der Waals surface area contributed by atoms with Crippen LogP contribution in [0.2, 0.25) is 0 Å². The molecule has 0 aliphatic carbocycles. The minimum atomic E-state index is -2.27. The zero-order valence-corrected chi connectivity index (χ0v) is 19.3. The molecule has 1 spiro atoms. The fourth-order valence-corrected chi connectivity index (χ4v) is 5.47. The first kappa shape index (κ1) is 23.2. The van der Waals surface area contributed by atoms with E-state index in [0.717, 1.165) is 56.3 Å². The minimum Gasteiger partial charge on any atom is -0.371 e. The monoisotopic (exact) mass is 474 g/mol. The van der Waals surface area contributed by atoms with E-state index in [9.17, 15) is 17.6 Å². The van der Waals surface area contributed by atoms with E-state index in [4.69, 9.17) is 0 Å². The van der Waals surface area contributed by atoms with E-state index in [1.54, 1.807) is 0 Å². The van der Waals surface area contributed by atoms with Crippen molar-refractivity contribution in [1.82, 2.24) is 15.2 Å². The standard InChI is InChI=1S/C14H16F2N2.C12H14F2N2/c1-9-6-11-10-4-2-3-5-12(10)17-13(11)7-18(9)8-14(15)16;13-9-3-10(14)5-11(4-9)16-2-1-12(8-16)6-15-7-12/h2-5,9,14,17H,6-8H2,1H3;3-5,15H,1-2,6-8H2. The molecule has 6 rings (SSSR count). The second kappa shape index (κ2) is 9.23. The minimum absolute atomic E-state index is 0.143. The molecular formula is C26H30F4N4. The molecule has 8 heteroatoms. The smallest absolute Gasteiger partial charge is 0.251 e. The fourth-order valence-electron chi connectivity index (χ4n) is 5.47. The molecule has 0 amide bonds. The van der Waals surface area contributed by atoms with E-state index in [1.807, 2.05) is 30.0 Å². The molecule has 1 aromatic heterocycles. The van der Waals surface area contributed by atoms with Gasteiger partial charge in [-0.25, -0.2) is 17.6 Å². The van der Waals surface area contributed by atoms with E-state index < -0.39 is 18.1 Å². The second-order valence-corrected chi connectivity index (χ2v) is 9.90. The maximum atomic E-state index is 13.1. The number of halogens is 4. The summed E-state index contributed by atoms with van der Waals surface area (Å²) >= 11 is 0. The number of hydrogen-bond donors (Lipinski definition) is 2. The summed E-state index contributed by atoms with van der Waals surface area (Å²) in [5.41, 5.74) is 4.51. The number of nitrogens with one attached hydrogen (secondary N) is 2. The zero-order chi connectivity index (χ0) is 23.9. The average Bonchev–Trinajstić information content (AvgIpc) is 3.36. The second-order valence-electron chi connectivity index (χ2n) is 9.90. The van der Waals surface area contributed by atoms with Crippen molar-refractivity contribution in [3.63, 3.8) is 0 Å². The van der Waals surface area contributed by atoms with Gasteiger partial charge in [0.25, 0.3) is 6.43 Å². The quantitative estimate of drug-likeness (QED) is 0.528. The Kier molecular flexibility index (Phi) is 6.29. The molecule has 0 radical (unpaired) electrons. The SMILES string of the molecule is CC1Cc2c([nH]c3ccccc23)CN1CC(F)F.Fc1cc(F)cc(N2CCC3(CNC3)C2)c1. The number of para-hydroxylation sites is 1. The predicted octanol–water partition coefficient (Wildman–Crippen LogP) is 4.94. The molecule has 2 aromatic carbocycles. The molecule has 0 saturated carbocycles. The molecule has 1 unspecified atom stereocenters. The topological polar surface area (TPSA) is 34.3 Å². The first-order valence-electron chi connectivity index (χ1n) is 11.8. The molecule has 3 aliphatic rings. The van der Waals surface area contributed by atoms with E-state index in [2.05, 4.69) is 21.3 Å². The van der Waals surface area contributed by atoms with E-state index >= 15 is 0 Å². The zero-order valence-electron chi connectivity index (χ0n) is 19.3. The van der Waals surface area contributed by atoms with Gasteiger partial charge in [-0.2, -0.15) is 0 Å². The van der Waals surface area contributed by atoms with Crippen LogP contribution in [0.15, 0.2) is 42.5 Å². The van der Waals surface area contributed by atoms with Crippen LogP contribution in [-0.4, -0.2) is 55.1 Å². The number of H-pyrrole nitrogens is 1. The fraction of sp³-hybridized carbons (Fsp3) is 0.462. The van der Waals surface area contributed by atoms with Gasteiger partial charge < -0.3 is 15.2 Å². The van der Waals surface area contributed by atoms with Crippen molar-refractivity contribution in [1.29, 1.82) is 0 Å². The summed E-state index contributed by atoms with van der Waals surface area (Å²) < 4.78 is 51.2. The van der Waals surface area contributed by atoms with Gasteiger partial charge in [-0.15, -0.1) is 0 Å². The maximum Gasteiger partial charge on any atom is 0.251 e. The van der Waals surface area contributed by atoms with Crippen LogP contribution in [0, 0.1) is 17.0 Å². The van der Waals surface area contributed by atoms with Crippen molar-refractivity contribution in [3.8, 4) is 0 Å². The number of fused-ring (bicyclic) bond motifs is 3. The Bertz CT molecular complexity index is 1140. The Morgan fingerprint density at radius 1 is 1.09 bits per heavy atom. The van der Waals surface area contributed by atoms with Gasteiger partial charge in [0.2, 0.25) is 0 Å². The lowest BCUT2D eigenvalue weighted by molar-refractivity contribution is 0.0597. The summed E-state index contributed by atoms with van der Waals surface area (Å²) in [5.74, 6) is -0.995. The highest BCUT2D eigenvalue weighted by molar-refractivity contribution is 5.84. The third-order valence-electron chi connectivity index (χ3n) is 7.41. The lowest BCUT2D eigenvalue weighted by atomic mass is 9.81. The van der Waals surface area contributed by atoms with E-state index in [-0.39, 0.29) is 12.6 Å². The van der Waals surface area contributed by atoms with E-state index in [1.165, 1.54) is 23.1 Å². The van der Waals surface area contributed by atoms with Crippen LogP contribution < -0.4 is 10.2 Å². The normalized spacial score (nSPS) is 21.5. The molecule has 4 nitrogen and oxygen atoms in total. The van der Waals surface area contributed by atoms with E-state index in [0.29, 0.717) is 17.6 Å². The van der Waals surface area contributed by atoms with Crippen LogP contribution in [-0.2, 0) is 13.0 Å². The van der Waals surface area contributed by atoms with Crippen molar-refractivity contribution in [2.75, 3.05) is 37.6 Å². The van der Waals surface area contributed by atoms with Crippen LogP contribution in [0.5, 0.6) is 0 Å². The van der Waals surface area contributed by atoms with Gasteiger partial charge in [-0.3, -0.25) is 4.90 Å². The number of aromatic amines is 1. The molecule has 3 aliphatic heterocycles. The third-order valence-corrected chi connectivity index (χ3v) is 7.41. The molecular weight excluding hydrogens is 444 g/mol. The van der Waals surface area contributed by atoms with Crippen molar-refractivity contribution in [3.05, 3.63) is 65.4 Å². The molecule has 2 fully saturated rings. The number of nitrogens with zero attached hydrogens (tertiary/aromatic N) is 2. The van der Waals surface area contributed by atoms with Crippen LogP contribution in [0.4, 0.5) is 23.2 Å². The molecule has 2 N–H and O–H groups in total. The Hall–Kier alpha value is -2.58. The van der Waals surface area contributed by atoms with Gasteiger partial charge in [0.05, 0.1) is 6.54 Å². The van der Waals surface area contributed by atoms with Gasteiger partial charge in [0, 0.05) is 72.5 Å². The summed E-state index contributed by atoms with van der Waals surface area (Å²) in [7, 11) is 0. The molecule has 4 heterocycles. The molecule has 2 saturated heterocycles. The molecule has 182 valence electrons. The van der Waals surface area contributed by atoms with Crippen LogP contribution in [0.1, 0.15) is 24.6 Å². The molecule has 0 bridgehead atoms. The largest absolute Gasteiger partial charge is 0.371 e. The van der Waals surface area contributed by atoms with Crippen LogP contribution in [0.3, 0.4) is 0 Å². The van der Waals surface area contributed by atoms with Gasteiger partial charge >= 0.3 is 0 Å². The summed E-state index contributed by atoms with van der Waals surface area (Å²) in [6.45, 7) is 6.33. The number of hydrogen-bond acceptors (Lipinski definition) is 3. The van der Waals surface area contributed by atoms with Crippen molar-refractivity contribution in [2.24, 2.45) is 5.41 Å². The van der Waals surface area contributed by atoms with Gasteiger partial charge in [0.15, 0.2) is 0 Å². The Balaban J connectivity index is 0.000000142. The summed E-state index contributed by atoms with van der Waals surface area (Å²) in [4.78, 5) is 7.28. The van der Waals surface area contributed by atoms with Crippen molar-refractivity contribution >= 4 is 16.6 Å². The lowest BCUT2D eigenvalue weighted by Crippen LogP contribution is -2.54. The lowest BCUT2D eigenvalue weighted by Gasteiger charge is -2.39. The van der Waals surface area contributed by atoms with Crippen LogP contribution in [0.25, 0.3) is 10.9 Å². The first-order chi connectivity index (χ1) is 16.3. The maximum absolute atomic E-state index is 13.1. The highest BCUT2D eigenvalue weighted by atomic mass is 19.3. The first-order valence-corrected chi connectivity index (χ1v) is 11.8. The Labute approximate surface area is 196 Å². The van der Waals surface area contributed by atoms with Crippen molar-refractivity contribution in [2.45, 2.75) is 38.8 Å². The molecule has 3 aromatic rings. The van der Waals surface area contributed by atoms with Gasteiger partial charge in [-0.1, -0.05) is 18.2 Å². The number of alkyl halides is 2. The summed E-state index contributed by atoms with van der Waals surface area (Å²) in [5, 5.41) is 4.50. The number of aromatic nitrogens is 1. The van der Waals surface area contributed by atoms with Crippen molar-refractivity contribution < 1.29 is 17.6 Å². The average molecular weight is 475 g/mol. The summed E-state index contributed by atoms with van der Waals surface area (Å²) in [6, 6.07) is 12.1. The number of benzene rings is 2. The highest BCUT2D eigenvalue weighted by Gasteiger charge is 2.43. The molecule has 1 atom stereocenters. The summed E-state index contributed by atoms with van der Waals surface area (Å²) in [6.07, 6.45) is -0.317. The van der Waals surface area contributed by atoms with Gasteiger partial charge in [-0.05, 0) is 43.5 Å². The van der Waals surface area contributed by atoms with Gasteiger partial charge in [0.1, 0.15) is 11.6 Å².